The second-order valence-corrected chi connectivity index (χ2v) is 4.05. The molecule has 86 valence electrons. The van der Waals surface area contributed by atoms with Crippen molar-refractivity contribution in [1.82, 2.24) is 4.98 Å². The van der Waals surface area contributed by atoms with Gasteiger partial charge in [0.1, 0.15) is 5.69 Å². The number of rotatable bonds is 3. The third kappa shape index (κ3) is 1.80. The number of hydrogen-bond donors (Lipinski definition) is 2. The Labute approximate surface area is 94.6 Å². The molecule has 0 radical (unpaired) electrons. The van der Waals surface area contributed by atoms with Gasteiger partial charge in [-0.05, 0) is 31.4 Å². The molecule has 0 aliphatic heterocycles. The average molecular weight is 220 g/mol. The van der Waals surface area contributed by atoms with Crippen molar-refractivity contribution in [1.29, 1.82) is 0 Å². The third-order valence-electron chi connectivity index (χ3n) is 3.14. The number of hydrogen-bond acceptors (Lipinski definition) is 4. The molecule has 0 aromatic carbocycles. The lowest BCUT2D eigenvalue weighted by Gasteiger charge is -2.36. The van der Waals surface area contributed by atoms with Crippen LogP contribution in [0.4, 0.5) is 5.69 Å². The minimum atomic E-state index is 0.0572. The molecule has 0 unspecified atom stereocenters. The van der Waals surface area contributed by atoms with Crippen molar-refractivity contribution in [3.8, 4) is 0 Å². The molecule has 1 heterocycles. The van der Waals surface area contributed by atoms with Crippen LogP contribution >= 0.6 is 0 Å². The van der Waals surface area contributed by atoms with Gasteiger partial charge in [0, 0.05) is 19.3 Å². The first-order valence-electron chi connectivity index (χ1n) is 5.39. The molecule has 1 aliphatic rings. The SMILES string of the molecule is CN(c1cccnc1/C(N)=N/O)C1CCC1. The summed E-state index contributed by atoms with van der Waals surface area (Å²) in [5.41, 5.74) is 7.06. The number of nitrogens with two attached hydrogens (primary N) is 1. The summed E-state index contributed by atoms with van der Waals surface area (Å²) in [6.45, 7) is 0. The first-order valence-corrected chi connectivity index (χ1v) is 5.39. The lowest BCUT2D eigenvalue weighted by atomic mass is 9.91. The number of amidine groups is 1. The van der Waals surface area contributed by atoms with Gasteiger partial charge in [0.2, 0.25) is 0 Å². The number of oxime groups is 1. The molecule has 1 fully saturated rings. The van der Waals surface area contributed by atoms with Gasteiger partial charge in [-0.2, -0.15) is 0 Å². The summed E-state index contributed by atoms with van der Waals surface area (Å²) < 4.78 is 0. The van der Waals surface area contributed by atoms with E-state index in [4.69, 9.17) is 10.9 Å². The number of anilines is 1. The van der Waals surface area contributed by atoms with Crippen molar-refractivity contribution in [3.05, 3.63) is 24.0 Å². The summed E-state index contributed by atoms with van der Waals surface area (Å²) >= 11 is 0. The van der Waals surface area contributed by atoms with Crippen LogP contribution in [0.5, 0.6) is 0 Å². The van der Waals surface area contributed by atoms with Crippen LogP contribution in [0.15, 0.2) is 23.5 Å². The third-order valence-corrected chi connectivity index (χ3v) is 3.14. The van der Waals surface area contributed by atoms with Crippen molar-refractivity contribution in [2.45, 2.75) is 25.3 Å². The lowest BCUT2D eigenvalue weighted by Crippen LogP contribution is -2.38. The molecule has 5 nitrogen and oxygen atoms in total. The first kappa shape index (κ1) is 10.7. The van der Waals surface area contributed by atoms with Crippen LogP contribution in [-0.4, -0.2) is 29.1 Å². The summed E-state index contributed by atoms with van der Waals surface area (Å²) in [6, 6.07) is 4.35. The maximum absolute atomic E-state index is 8.71. The molecule has 1 saturated carbocycles. The molecule has 0 atom stereocenters. The van der Waals surface area contributed by atoms with Gasteiger partial charge in [-0.15, -0.1) is 0 Å². The summed E-state index contributed by atoms with van der Waals surface area (Å²) in [6.07, 6.45) is 5.31. The summed E-state index contributed by atoms with van der Waals surface area (Å²) in [5.74, 6) is 0.0572. The summed E-state index contributed by atoms with van der Waals surface area (Å²) in [7, 11) is 2.02. The molecule has 0 bridgehead atoms. The Bertz CT molecular complexity index is 401. The van der Waals surface area contributed by atoms with Gasteiger partial charge < -0.3 is 15.8 Å². The van der Waals surface area contributed by atoms with E-state index in [0.717, 1.165) is 5.69 Å². The van der Waals surface area contributed by atoms with Crippen LogP contribution in [0.1, 0.15) is 25.0 Å². The molecule has 1 aliphatic carbocycles. The van der Waals surface area contributed by atoms with E-state index in [9.17, 15) is 0 Å². The van der Waals surface area contributed by atoms with Crippen molar-refractivity contribution < 1.29 is 5.21 Å². The van der Waals surface area contributed by atoms with Gasteiger partial charge in [-0.1, -0.05) is 5.16 Å². The smallest absolute Gasteiger partial charge is 0.190 e. The van der Waals surface area contributed by atoms with Gasteiger partial charge in [-0.3, -0.25) is 4.98 Å². The molecule has 1 aromatic heterocycles. The Morgan fingerprint density at radius 3 is 2.94 bits per heavy atom. The van der Waals surface area contributed by atoms with Gasteiger partial charge in [0.15, 0.2) is 5.84 Å². The largest absolute Gasteiger partial charge is 0.409 e. The van der Waals surface area contributed by atoms with E-state index in [1.165, 1.54) is 19.3 Å². The fraction of sp³-hybridized carbons (Fsp3) is 0.455. The molecule has 5 heteroatoms. The van der Waals surface area contributed by atoms with E-state index in [1.54, 1.807) is 6.20 Å². The number of aromatic nitrogens is 1. The van der Waals surface area contributed by atoms with Gasteiger partial charge in [0.05, 0.1) is 5.69 Å². The first-order chi connectivity index (χ1) is 7.74. The van der Waals surface area contributed by atoms with Crippen LogP contribution in [0, 0.1) is 0 Å². The molecule has 16 heavy (non-hydrogen) atoms. The highest BCUT2D eigenvalue weighted by Crippen LogP contribution is 2.29. The molecular weight excluding hydrogens is 204 g/mol. The van der Waals surface area contributed by atoms with Gasteiger partial charge >= 0.3 is 0 Å². The van der Waals surface area contributed by atoms with E-state index in [-0.39, 0.29) is 5.84 Å². The monoisotopic (exact) mass is 220 g/mol. The van der Waals surface area contributed by atoms with Crippen LogP contribution in [-0.2, 0) is 0 Å². The van der Waals surface area contributed by atoms with Crippen LogP contribution in [0.2, 0.25) is 0 Å². The van der Waals surface area contributed by atoms with E-state index < -0.39 is 0 Å². The predicted molar refractivity (Wildman–Crippen MR) is 62.8 cm³/mol. The highest BCUT2D eigenvalue weighted by molar-refractivity contribution is 6.00. The van der Waals surface area contributed by atoms with Crippen molar-refractivity contribution in [2.75, 3.05) is 11.9 Å². The predicted octanol–water partition coefficient (Wildman–Crippen LogP) is 1.16. The zero-order chi connectivity index (χ0) is 11.5. The Morgan fingerprint density at radius 1 is 1.62 bits per heavy atom. The summed E-state index contributed by atoms with van der Waals surface area (Å²) in [5, 5.41) is 11.7. The quantitative estimate of drug-likeness (QED) is 0.347. The lowest BCUT2D eigenvalue weighted by molar-refractivity contribution is 0.318. The van der Waals surface area contributed by atoms with Crippen LogP contribution < -0.4 is 10.6 Å². The Balaban J connectivity index is 2.31. The van der Waals surface area contributed by atoms with E-state index in [2.05, 4.69) is 15.0 Å². The number of nitrogens with zero attached hydrogens (tertiary/aromatic N) is 3. The van der Waals surface area contributed by atoms with Gasteiger partial charge in [-0.25, -0.2) is 0 Å². The molecule has 1 aromatic rings. The zero-order valence-corrected chi connectivity index (χ0v) is 9.30. The molecule has 0 saturated heterocycles. The Hall–Kier alpha value is -1.78. The highest BCUT2D eigenvalue weighted by atomic mass is 16.4. The van der Waals surface area contributed by atoms with Crippen LogP contribution in [0.25, 0.3) is 0 Å². The van der Waals surface area contributed by atoms with Crippen LogP contribution in [0.3, 0.4) is 0 Å². The van der Waals surface area contributed by atoms with E-state index in [1.807, 2.05) is 19.2 Å². The normalized spacial score (nSPS) is 16.9. The second-order valence-electron chi connectivity index (χ2n) is 4.05. The van der Waals surface area contributed by atoms with E-state index >= 15 is 0 Å². The minimum Gasteiger partial charge on any atom is -0.409 e. The molecule has 2 rings (SSSR count). The zero-order valence-electron chi connectivity index (χ0n) is 9.30. The molecule has 3 N–H and O–H groups in total. The van der Waals surface area contributed by atoms with Crippen molar-refractivity contribution >= 4 is 11.5 Å². The topological polar surface area (TPSA) is 74.7 Å². The maximum atomic E-state index is 8.71. The maximum Gasteiger partial charge on any atom is 0.190 e. The Morgan fingerprint density at radius 2 is 2.38 bits per heavy atom. The van der Waals surface area contributed by atoms with Crippen molar-refractivity contribution in [2.24, 2.45) is 10.9 Å². The molecular formula is C11H16N4O. The fourth-order valence-corrected chi connectivity index (χ4v) is 1.90. The second kappa shape index (κ2) is 4.38. The van der Waals surface area contributed by atoms with Gasteiger partial charge in [0.25, 0.3) is 0 Å². The highest BCUT2D eigenvalue weighted by Gasteiger charge is 2.24. The molecule has 0 spiro atoms. The summed E-state index contributed by atoms with van der Waals surface area (Å²) in [4.78, 5) is 6.31. The number of pyridine rings is 1. The fourth-order valence-electron chi connectivity index (χ4n) is 1.90. The Kier molecular flexibility index (Phi) is 2.94. The van der Waals surface area contributed by atoms with E-state index in [0.29, 0.717) is 11.7 Å². The minimum absolute atomic E-state index is 0.0572. The standard InChI is InChI=1S/C11H16N4O/c1-15(8-4-2-5-8)9-6-3-7-13-10(9)11(12)14-16/h3,6-8,16H,2,4-5H2,1H3,(H2,12,14). The average Bonchev–Trinajstić information content (AvgIpc) is 2.25. The van der Waals surface area contributed by atoms with Crippen molar-refractivity contribution in [3.63, 3.8) is 0 Å². The molecule has 0 amide bonds.